The Hall–Kier alpha value is -2.73. The van der Waals surface area contributed by atoms with E-state index in [1.54, 1.807) is 30.3 Å². The Morgan fingerprint density at radius 1 is 1.26 bits per heavy atom. The molecule has 0 aromatic heterocycles. The van der Waals surface area contributed by atoms with Crippen LogP contribution in [-0.4, -0.2) is 53.1 Å². The first kappa shape index (κ1) is 17.7. The number of anilines is 1. The number of nitrogens with one attached hydrogen (secondary N) is 1. The number of amides is 1. The number of carbonyl (C=O) groups excluding carboxylic acids is 1. The topological polar surface area (TPSA) is 73.4 Å². The first-order chi connectivity index (χ1) is 12.8. The van der Waals surface area contributed by atoms with Crippen LogP contribution in [-0.2, 0) is 4.79 Å². The predicted octanol–water partition coefficient (Wildman–Crippen LogP) is 2.75. The Labute approximate surface area is 158 Å². The standard InChI is InChI=1S/C21H23FN4O/c1-21-10-16(25(2)12-21)11-26(21)20(27)19(24)17-9-14(6-7-18(17)23)13-4-3-5-15(22)8-13/h3-9,16,24H,10-12,23H2,1-2H3/t16-,21?/m0/s1. The van der Waals surface area contributed by atoms with E-state index in [0.717, 1.165) is 18.5 Å². The lowest BCUT2D eigenvalue weighted by Gasteiger charge is -2.39. The van der Waals surface area contributed by atoms with Crippen molar-refractivity contribution in [1.29, 1.82) is 5.41 Å². The van der Waals surface area contributed by atoms with Gasteiger partial charge < -0.3 is 10.6 Å². The molecule has 2 fully saturated rings. The second kappa shape index (κ2) is 6.16. The average Bonchev–Trinajstić information content (AvgIpc) is 3.12. The van der Waals surface area contributed by atoms with Crippen molar-refractivity contribution in [2.24, 2.45) is 0 Å². The first-order valence-corrected chi connectivity index (χ1v) is 9.05. The van der Waals surface area contributed by atoms with Crippen LogP contribution in [0.15, 0.2) is 42.5 Å². The van der Waals surface area contributed by atoms with Crippen LogP contribution < -0.4 is 5.73 Å². The van der Waals surface area contributed by atoms with Gasteiger partial charge in [-0.25, -0.2) is 4.39 Å². The normalized spacial score (nSPS) is 24.4. The molecule has 2 bridgehead atoms. The highest BCUT2D eigenvalue weighted by molar-refractivity contribution is 6.45. The largest absolute Gasteiger partial charge is 0.398 e. The maximum atomic E-state index is 13.6. The van der Waals surface area contributed by atoms with Crippen molar-refractivity contribution in [1.82, 2.24) is 9.80 Å². The summed E-state index contributed by atoms with van der Waals surface area (Å²) in [4.78, 5) is 17.2. The average molecular weight is 366 g/mol. The second-order valence-corrected chi connectivity index (χ2v) is 7.87. The summed E-state index contributed by atoms with van der Waals surface area (Å²) >= 11 is 0. The van der Waals surface area contributed by atoms with E-state index >= 15 is 0 Å². The molecule has 2 aliphatic heterocycles. The number of piperazine rings is 1. The summed E-state index contributed by atoms with van der Waals surface area (Å²) in [6.07, 6.45) is 0.932. The zero-order valence-corrected chi connectivity index (χ0v) is 15.5. The van der Waals surface area contributed by atoms with Crippen LogP contribution in [0.1, 0.15) is 18.9 Å². The van der Waals surface area contributed by atoms with Crippen LogP contribution in [0.4, 0.5) is 10.1 Å². The van der Waals surface area contributed by atoms with E-state index in [1.807, 2.05) is 4.90 Å². The molecule has 2 aromatic rings. The Morgan fingerprint density at radius 2 is 2.00 bits per heavy atom. The maximum Gasteiger partial charge on any atom is 0.272 e. The number of nitrogens with two attached hydrogens (primary N) is 1. The lowest BCUT2D eigenvalue weighted by molar-refractivity contribution is -0.129. The quantitative estimate of drug-likeness (QED) is 0.648. The molecular formula is C21H23FN4O. The summed E-state index contributed by atoms with van der Waals surface area (Å²) in [6, 6.07) is 11.7. The lowest BCUT2D eigenvalue weighted by atomic mass is 9.97. The van der Waals surface area contributed by atoms with Gasteiger partial charge in [-0.1, -0.05) is 18.2 Å². The number of fused-ring (bicyclic) bond motifs is 2. The highest BCUT2D eigenvalue weighted by atomic mass is 19.1. The molecule has 2 saturated heterocycles. The fourth-order valence-corrected chi connectivity index (χ4v) is 4.42. The molecule has 3 N–H and O–H groups in total. The van der Waals surface area contributed by atoms with Gasteiger partial charge >= 0.3 is 0 Å². The van der Waals surface area contributed by atoms with Gasteiger partial charge in [-0.3, -0.25) is 15.1 Å². The van der Waals surface area contributed by atoms with Crippen LogP contribution in [0, 0.1) is 11.2 Å². The molecule has 1 amide bonds. The predicted molar refractivity (Wildman–Crippen MR) is 104 cm³/mol. The van der Waals surface area contributed by atoms with Crippen LogP contribution in [0.5, 0.6) is 0 Å². The second-order valence-electron chi connectivity index (χ2n) is 7.87. The molecule has 2 aliphatic rings. The summed E-state index contributed by atoms with van der Waals surface area (Å²) in [7, 11) is 2.07. The van der Waals surface area contributed by atoms with Crippen molar-refractivity contribution in [2.45, 2.75) is 24.9 Å². The molecule has 4 rings (SSSR count). The van der Waals surface area contributed by atoms with Crippen LogP contribution in [0.25, 0.3) is 11.1 Å². The van der Waals surface area contributed by atoms with E-state index in [2.05, 4.69) is 18.9 Å². The number of nitrogens with zero attached hydrogens (tertiary/aromatic N) is 2. The third kappa shape index (κ3) is 2.90. The molecule has 27 heavy (non-hydrogen) atoms. The van der Waals surface area contributed by atoms with E-state index in [1.165, 1.54) is 12.1 Å². The fourth-order valence-electron chi connectivity index (χ4n) is 4.42. The van der Waals surface area contributed by atoms with Gasteiger partial charge in [-0.05, 0) is 55.8 Å². The van der Waals surface area contributed by atoms with Gasteiger partial charge in [0.2, 0.25) is 0 Å². The van der Waals surface area contributed by atoms with Crippen molar-refractivity contribution in [3.8, 4) is 11.1 Å². The van der Waals surface area contributed by atoms with Crippen molar-refractivity contribution < 1.29 is 9.18 Å². The maximum absolute atomic E-state index is 13.6. The molecule has 0 spiro atoms. The third-order valence-corrected chi connectivity index (χ3v) is 5.87. The summed E-state index contributed by atoms with van der Waals surface area (Å²) in [6.45, 7) is 3.53. The number of benzene rings is 2. The molecule has 140 valence electrons. The molecule has 0 aliphatic carbocycles. The number of carbonyl (C=O) groups is 1. The van der Waals surface area contributed by atoms with E-state index < -0.39 is 0 Å². The Morgan fingerprint density at radius 3 is 2.63 bits per heavy atom. The number of halogens is 1. The van der Waals surface area contributed by atoms with Crippen molar-refractivity contribution in [3.63, 3.8) is 0 Å². The number of likely N-dealkylation sites (tertiary alicyclic amines) is 2. The van der Waals surface area contributed by atoms with Gasteiger partial charge in [0.15, 0.2) is 0 Å². The molecule has 2 heterocycles. The zero-order chi connectivity index (χ0) is 19.3. The summed E-state index contributed by atoms with van der Waals surface area (Å²) in [5.74, 6) is -0.627. The minimum Gasteiger partial charge on any atom is -0.398 e. The minimum atomic E-state index is -0.331. The van der Waals surface area contributed by atoms with Gasteiger partial charge in [0, 0.05) is 30.4 Å². The van der Waals surface area contributed by atoms with Crippen LogP contribution in [0.2, 0.25) is 0 Å². The fraction of sp³-hybridized carbons (Fsp3) is 0.333. The van der Waals surface area contributed by atoms with Crippen molar-refractivity contribution >= 4 is 17.3 Å². The molecule has 6 heteroatoms. The molecule has 0 radical (unpaired) electrons. The van der Waals surface area contributed by atoms with Gasteiger partial charge in [-0.2, -0.15) is 0 Å². The monoisotopic (exact) mass is 366 g/mol. The summed E-state index contributed by atoms with van der Waals surface area (Å²) in [5.41, 5.74) is 7.90. The smallest absolute Gasteiger partial charge is 0.272 e. The molecular weight excluding hydrogens is 343 g/mol. The zero-order valence-electron chi connectivity index (χ0n) is 15.5. The summed E-state index contributed by atoms with van der Waals surface area (Å²) < 4.78 is 13.6. The number of likely N-dealkylation sites (N-methyl/N-ethyl adjacent to an activating group) is 1. The van der Waals surface area contributed by atoms with Gasteiger partial charge in [-0.15, -0.1) is 0 Å². The molecule has 5 nitrogen and oxygen atoms in total. The highest BCUT2D eigenvalue weighted by Gasteiger charge is 2.52. The number of hydrogen-bond acceptors (Lipinski definition) is 4. The lowest BCUT2D eigenvalue weighted by Crippen LogP contribution is -2.55. The third-order valence-electron chi connectivity index (χ3n) is 5.87. The van der Waals surface area contributed by atoms with E-state index in [9.17, 15) is 9.18 Å². The molecule has 0 saturated carbocycles. The Balaban J connectivity index is 1.64. The SMILES string of the molecule is CN1CC2(C)C[C@H]1CN2C(=O)C(=N)c1cc(-c2cccc(F)c2)ccc1N. The van der Waals surface area contributed by atoms with Gasteiger partial charge in [0.25, 0.3) is 5.91 Å². The highest BCUT2D eigenvalue weighted by Crippen LogP contribution is 2.39. The van der Waals surface area contributed by atoms with Gasteiger partial charge in [0.05, 0.1) is 5.54 Å². The summed E-state index contributed by atoms with van der Waals surface area (Å²) in [5, 5.41) is 8.50. The van der Waals surface area contributed by atoms with Crippen molar-refractivity contribution in [3.05, 3.63) is 53.8 Å². The Bertz CT molecular complexity index is 940. The van der Waals surface area contributed by atoms with Gasteiger partial charge in [0.1, 0.15) is 11.5 Å². The first-order valence-electron chi connectivity index (χ1n) is 9.05. The number of hydrogen-bond donors (Lipinski definition) is 2. The molecule has 1 unspecified atom stereocenters. The number of nitrogen functional groups attached to an aromatic ring is 1. The van der Waals surface area contributed by atoms with E-state index in [4.69, 9.17) is 11.1 Å². The van der Waals surface area contributed by atoms with Crippen LogP contribution in [0.3, 0.4) is 0 Å². The van der Waals surface area contributed by atoms with Crippen molar-refractivity contribution in [2.75, 3.05) is 25.9 Å². The molecule has 2 aromatic carbocycles. The number of rotatable bonds is 3. The van der Waals surface area contributed by atoms with E-state index in [-0.39, 0.29) is 23.0 Å². The Kier molecular flexibility index (Phi) is 4.03. The van der Waals surface area contributed by atoms with E-state index in [0.29, 0.717) is 29.4 Å². The molecule has 2 atom stereocenters. The minimum absolute atomic E-state index is 0.109. The van der Waals surface area contributed by atoms with Crippen LogP contribution >= 0.6 is 0 Å².